The van der Waals surface area contributed by atoms with Crippen molar-refractivity contribution < 1.29 is 27.2 Å². The molecule has 1 amide bonds. The second-order valence-electron chi connectivity index (χ2n) is 8.41. The quantitative estimate of drug-likeness (QED) is 0.394. The third-order valence-corrected chi connectivity index (χ3v) is 7.49. The highest BCUT2D eigenvalue weighted by atomic mass is 32.2. The van der Waals surface area contributed by atoms with E-state index in [0.29, 0.717) is 11.2 Å². The van der Waals surface area contributed by atoms with Crippen molar-refractivity contribution >= 4 is 38.4 Å². The number of halogens is 1. The van der Waals surface area contributed by atoms with Gasteiger partial charge in [0.2, 0.25) is 0 Å². The summed E-state index contributed by atoms with van der Waals surface area (Å²) in [5.74, 6) is -1.26. The Morgan fingerprint density at radius 1 is 1.22 bits per heavy atom. The fourth-order valence-electron chi connectivity index (χ4n) is 4.28. The van der Waals surface area contributed by atoms with Crippen LogP contribution in [0.2, 0.25) is 0 Å². The summed E-state index contributed by atoms with van der Waals surface area (Å²) in [7, 11) is -4.11. The molecule has 168 valence electrons. The van der Waals surface area contributed by atoms with Crippen LogP contribution < -0.4 is 15.1 Å². The van der Waals surface area contributed by atoms with Crippen molar-refractivity contribution in [1.29, 1.82) is 0 Å². The summed E-state index contributed by atoms with van der Waals surface area (Å²) in [5.41, 5.74) is 1.95. The van der Waals surface area contributed by atoms with Crippen molar-refractivity contribution in [2.45, 2.75) is 30.6 Å². The van der Waals surface area contributed by atoms with Gasteiger partial charge in [-0.15, -0.1) is 0 Å². The molecule has 0 atom stereocenters. The van der Waals surface area contributed by atoms with Crippen LogP contribution in [0.5, 0.6) is 0 Å². The number of hydroxylamine groups is 1. The van der Waals surface area contributed by atoms with Crippen LogP contribution in [-0.4, -0.2) is 37.6 Å². The molecule has 11 heteroatoms. The number of nitrogens with one attached hydrogen (secondary N) is 2. The smallest absolute Gasteiger partial charge is 0.310 e. The lowest BCUT2D eigenvalue weighted by Crippen LogP contribution is -2.37. The highest BCUT2D eigenvalue weighted by molar-refractivity contribution is 7.92. The number of nitrogens with zero attached hydrogens (tertiary/aromatic N) is 2. The van der Waals surface area contributed by atoms with Gasteiger partial charge >= 0.3 is 5.91 Å². The molecule has 32 heavy (non-hydrogen) atoms. The van der Waals surface area contributed by atoms with E-state index in [1.807, 2.05) is 4.90 Å². The predicted molar refractivity (Wildman–Crippen MR) is 114 cm³/mol. The average molecular weight is 460 g/mol. The van der Waals surface area contributed by atoms with Gasteiger partial charge in [-0.25, -0.2) is 23.3 Å². The highest BCUT2D eigenvalue weighted by Gasteiger charge is 2.46. The fraction of sp³-hybridized carbons (Fsp3) is 0.333. The van der Waals surface area contributed by atoms with Crippen molar-refractivity contribution in [3.05, 3.63) is 48.1 Å². The van der Waals surface area contributed by atoms with Crippen LogP contribution in [0, 0.1) is 11.2 Å². The molecule has 5 rings (SSSR count). The standard InChI is InChI=1S/C21H21FN4O5S/c22-14-9-16(19(23-11-14)26-7-1-4-21(12-26)5-6-21)25-32(29,30)15-3-2-13-8-18(20(27)24-28)31-17(13)10-15/h2-3,8-11,25,28H,1,4-7,12H2,(H,24,27). The third-order valence-electron chi connectivity index (χ3n) is 6.12. The molecule has 3 heterocycles. The number of hydrogen-bond acceptors (Lipinski definition) is 7. The van der Waals surface area contributed by atoms with Crippen LogP contribution in [0.25, 0.3) is 11.0 Å². The topological polar surface area (TPSA) is 125 Å². The van der Waals surface area contributed by atoms with Crippen LogP contribution in [-0.2, 0) is 10.0 Å². The lowest BCUT2D eigenvalue weighted by atomic mass is 9.95. The normalized spacial score (nSPS) is 17.5. The molecule has 1 aromatic carbocycles. The predicted octanol–water partition coefficient (Wildman–Crippen LogP) is 3.27. The zero-order valence-electron chi connectivity index (χ0n) is 17.0. The molecule has 9 nitrogen and oxygen atoms in total. The number of sulfonamides is 1. The maximum absolute atomic E-state index is 14.0. The van der Waals surface area contributed by atoms with E-state index in [1.165, 1.54) is 29.7 Å². The van der Waals surface area contributed by atoms with Gasteiger partial charge in [0.25, 0.3) is 10.0 Å². The first kappa shape index (κ1) is 20.7. The number of piperidine rings is 1. The average Bonchev–Trinajstić information content (AvgIpc) is 3.35. The minimum Gasteiger partial charge on any atom is -0.451 e. The van der Waals surface area contributed by atoms with Crippen molar-refractivity contribution in [3.8, 4) is 0 Å². The van der Waals surface area contributed by atoms with Gasteiger partial charge in [-0.2, -0.15) is 0 Å². The minimum absolute atomic E-state index is 0.0718. The number of aromatic nitrogens is 1. The molecule has 1 aliphatic carbocycles. The Hall–Kier alpha value is -3.18. The van der Waals surface area contributed by atoms with Crippen molar-refractivity contribution in [1.82, 2.24) is 10.5 Å². The lowest BCUT2D eigenvalue weighted by Gasteiger charge is -2.34. The van der Waals surface area contributed by atoms with Gasteiger partial charge in [0.15, 0.2) is 11.6 Å². The summed E-state index contributed by atoms with van der Waals surface area (Å²) in [6.45, 7) is 1.50. The molecule has 0 unspecified atom stereocenters. The molecule has 1 spiro atoms. The van der Waals surface area contributed by atoms with Gasteiger partial charge in [-0.3, -0.25) is 14.7 Å². The monoisotopic (exact) mass is 460 g/mol. The van der Waals surface area contributed by atoms with Gasteiger partial charge in [0, 0.05) is 30.6 Å². The summed E-state index contributed by atoms with van der Waals surface area (Å²) in [6.07, 6.45) is 5.50. The summed E-state index contributed by atoms with van der Waals surface area (Å²) in [5, 5.41) is 9.23. The van der Waals surface area contributed by atoms with Crippen LogP contribution in [0.15, 0.2) is 45.8 Å². The number of pyridine rings is 1. The Morgan fingerprint density at radius 2 is 2.03 bits per heavy atom. The zero-order valence-corrected chi connectivity index (χ0v) is 17.8. The fourth-order valence-corrected chi connectivity index (χ4v) is 5.35. The Morgan fingerprint density at radius 3 is 2.78 bits per heavy atom. The molecule has 0 radical (unpaired) electrons. The molecule has 3 aromatic rings. The maximum Gasteiger partial charge on any atom is 0.310 e. The summed E-state index contributed by atoms with van der Waals surface area (Å²) in [6, 6.07) is 6.60. The minimum atomic E-state index is -4.11. The molecule has 2 aliphatic rings. The van der Waals surface area contributed by atoms with Gasteiger partial charge in [-0.1, -0.05) is 0 Å². The largest absolute Gasteiger partial charge is 0.451 e. The van der Waals surface area contributed by atoms with Gasteiger partial charge < -0.3 is 9.32 Å². The van der Waals surface area contributed by atoms with Gasteiger partial charge in [-0.05, 0) is 49.3 Å². The SMILES string of the molecule is O=C(NO)c1cc2ccc(S(=O)(=O)Nc3cc(F)cnc3N3CCCC4(CC4)C3)cc2o1. The number of furan rings is 1. The first-order valence-corrected chi connectivity index (χ1v) is 11.7. The molecular weight excluding hydrogens is 439 g/mol. The second kappa shape index (κ2) is 7.45. The number of benzene rings is 1. The van der Waals surface area contributed by atoms with Gasteiger partial charge in [0.1, 0.15) is 11.4 Å². The zero-order chi connectivity index (χ0) is 22.5. The highest BCUT2D eigenvalue weighted by Crippen LogP contribution is 2.52. The molecule has 1 saturated heterocycles. The Kier molecular flexibility index (Phi) is 4.82. The van der Waals surface area contributed by atoms with Crippen LogP contribution in [0.1, 0.15) is 36.2 Å². The molecular formula is C21H21FN4O5S. The lowest BCUT2D eigenvalue weighted by molar-refractivity contribution is 0.0678. The molecule has 0 bridgehead atoms. The number of amides is 1. The first-order chi connectivity index (χ1) is 15.3. The van der Waals surface area contributed by atoms with Crippen molar-refractivity contribution in [3.63, 3.8) is 0 Å². The van der Waals surface area contributed by atoms with Crippen LogP contribution in [0.4, 0.5) is 15.9 Å². The van der Waals surface area contributed by atoms with E-state index in [2.05, 4.69) is 9.71 Å². The number of anilines is 2. The van der Waals surface area contributed by atoms with E-state index >= 15 is 0 Å². The Labute approximate surface area is 183 Å². The van der Waals surface area contributed by atoms with E-state index in [-0.39, 0.29) is 27.3 Å². The second-order valence-corrected chi connectivity index (χ2v) is 10.1. The first-order valence-electron chi connectivity index (χ1n) is 10.2. The van der Waals surface area contributed by atoms with Crippen molar-refractivity contribution in [2.75, 3.05) is 22.7 Å². The molecule has 3 N–H and O–H groups in total. The maximum atomic E-state index is 14.0. The molecule has 2 aromatic heterocycles. The Bertz CT molecular complexity index is 1320. The molecule has 1 aliphatic heterocycles. The van der Waals surface area contributed by atoms with E-state index < -0.39 is 21.7 Å². The third kappa shape index (κ3) is 3.78. The van der Waals surface area contributed by atoms with Gasteiger partial charge in [0.05, 0.1) is 16.8 Å². The number of fused-ring (bicyclic) bond motifs is 1. The van der Waals surface area contributed by atoms with Crippen LogP contribution >= 0.6 is 0 Å². The summed E-state index contributed by atoms with van der Waals surface area (Å²) >= 11 is 0. The van der Waals surface area contributed by atoms with Crippen molar-refractivity contribution in [2.24, 2.45) is 5.41 Å². The van der Waals surface area contributed by atoms with E-state index in [0.717, 1.165) is 51.0 Å². The molecule has 1 saturated carbocycles. The molecule has 2 fully saturated rings. The number of hydrogen-bond donors (Lipinski definition) is 3. The van der Waals surface area contributed by atoms with E-state index in [9.17, 15) is 17.6 Å². The summed E-state index contributed by atoms with van der Waals surface area (Å²) < 4.78 is 48.0. The Balaban J connectivity index is 1.46. The van der Waals surface area contributed by atoms with E-state index in [4.69, 9.17) is 9.62 Å². The van der Waals surface area contributed by atoms with Crippen LogP contribution in [0.3, 0.4) is 0 Å². The summed E-state index contributed by atoms with van der Waals surface area (Å²) in [4.78, 5) is 17.6. The number of rotatable bonds is 5. The number of carbonyl (C=O) groups is 1. The number of carbonyl (C=O) groups excluding carboxylic acids is 1. The van der Waals surface area contributed by atoms with E-state index in [1.54, 1.807) is 0 Å².